The zero-order valence-electron chi connectivity index (χ0n) is 11.7. The van der Waals surface area contributed by atoms with Gasteiger partial charge in [0.05, 0.1) is 11.2 Å². The molecule has 0 fully saturated rings. The average Bonchev–Trinajstić information content (AvgIpc) is 2.47. The Bertz CT molecular complexity index is 844. The molecule has 0 aliphatic rings. The van der Waals surface area contributed by atoms with Crippen molar-refractivity contribution < 1.29 is 4.79 Å². The number of carbonyl (C=O) groups is 1. The van der Waals surface area contributed by atoms with Gasteiger partial charge in [-0.3, -0.25) is 9.78 Å². The quantitative estimate of drug-likeness (QED) is 0.662. The van der Waals surface area contributed by atoms with Gasteiger partial charge < -0.3 is 0 Å². The molecule has 0 aliphatic heterocycles. The standard InChI is InChI=1S/C17H13ClN2O/c1-10-7-11(2)16-13(8-10)14(17(18)21)9-15(20-16)12-3-5-19-6-4-12/h3-9H,1-2H3. The van der Waals surface area contributed by atoms with Crippen molar-refractivity contribution >= 4 is 27.7 Å². The topological polar surface area (TPSA) is 42.9 Å². The molecule has 2 heterocycles. The highest BCUT2D eigenvalue weighted by molar-refractivity contribution is 6.68. The smallest absolute Gasteiger partial charge is 0.253 e. The lowest BCUT2D eigenvalue weighted by Gasteiger charge is -2.10. The maximum atomic E-state index is 11.8. The Morgan fingerprint density at radius 3 is 2.48 bits per heavy atom. The van der Waals surface area contributed by atoms with Crippen LogP contribution >= 0.6 is 11.6 Å². The van der Waals surface area contributed by atoms with Crippen LogP contribution in [0.3, 0.4) is 0 Å². The number of nitrogens with zero attached hydrogens (tertiary/aromatic N) is 2. The molecule has 0 unspecified atom stereocenters. The van der Waals surface area contributed by atoms with Gasteiger partial charge in [-0.15, -0.1) is 0 Å². The van der Waals surface area contributed by atoms with Crippen molar-refractivity contribution in [3.05, 3.63) is 59.4 Å². The number of halogens is 1. The van der Waals surface area contributed by atoms with E-state index in [1.54, 1.807) is 18.5 Å². The largest absolute Gasteiger partial charge is 0.276 e. The Hall–Kier alpha value is -2.26. The zero-order chi connectivity index (χ0) is 15.0. The maximum absolute atomic E-state index is 11.8. The number of rotatable bonds is 2. The van der Waals surface area contributed by atoms with Crippen LogP contribution in [0.4, 0.5) is 0 Å². The molecule has 0 aliphatic carbocycles. The summed E-state index contributed by atoms with van der Waals surface area (Å²) in [4.78, 5) is 20.5. The van der Waals surface area contributed by atoms with E-state index in [4.69, 9.17) is 16.6 Å². The van der Waals surface area contributed by atoms with Crippen LogP contribution in [-0.4, -0.2) is 15.2 Å². The number of aryl methyl sites for hydroxylation is 2. The van der Waals surface area contributed by atoms with Crippen molar-refractivity contribution in [2.45, 2.75) is 13.8 Å². The minimum atomic E-state index is -0.470. The summed E-state index contributed by atoms with van der Waals surface area (Å²) in [6.45, 7) is 3.98. The SMILES string of the molecule is Cc1cc(C)c2nc(-c3ccncc3)cc(C(=O)Cl)c2c1. The summed E-state index contributed by atoms with van der Waals surface area (Å²) in [5.41, 5.74) is 5.03. The Balaban J connectivity index is 2.38. The van der Waals surface area contributed by atoms with Gasteiger partial charge in [0.2, 0.25) is 0 Å². The van der Waals surface area contributed by atoms with Crippen molar-refractivity contribution in [3.63, 3.8) is 0 Å². The molecule has 0 saturated heterocycles. The number of carbonyl (C=O) groups excluding carboxylic acids is 1. The first kappa shape index (κ1) is 13.7. The minimum absolute atomic E-state index is 0.470. The second kappa shape index (κ2) is 5.26. The van der Waals surface area contributed by atoms with Crippen LogP contribution in [0.1, 0.15) is 21.5 Å². The van der Waals surface area contributed by atoms with Crippen molar-refractivity contribution in [2.24, 2.45) is 0 Å². The first-order valence-corrected chi connectivity index (χ1v) is 6.96. The molecule has 104 valence electrons. The third kappa shape index (κ3) is 2.52. The third-order valence-electron chi connectivity index (χ3n) is 3.44. The van der Waals surface area contributed by atoms with Crippen LogP contribution in [0.5, 0.6) is 0 Å². The third-order valence-corrected chi connectivity index (χ3v) is 3.64. The molecule has 0 amide bonds. The normalized spacial score (nSPS) is 10.8. The van der Waals surface area contributed by atoms with E-state index >= 15 is 0 Å². The summed E-state index contributed by atoms with van der Waals surface area (Å²) in [5, 5.41) is 0.327. The van der Waals surface area contributed by atoms with Crippen LogP contribution in [0, 0.1) is 13.8 Å². The molecule has 3 rings (SSSR count). The highest BCUT2D eigenvalue weighted by Crippen LogP contribution is 2.28. The highest BCUT2D eigenvalue weighted by atomic mass is 35.5. The lowest BCUT2D eigenvalue weighted by molar-refractivity contribution is 0.108. The number of aromatic nitrogens is 2. The van der Waals surface area contributed by atoms with Crippen molar-refractivity contribution in [1.82, 2.24) is 9.97 Å². The number of hydrogen-bond donors (Lipinski definition) is 0. The van der Waals surface area contributed by atoms with Crippen LogP contribution in [-0.2, 0) is 0 Å². The predicted octanol–water partition coefficient (Wildman–Crippen LogP) is 4.29. The van der Waals surface area contributed by atoms with E-state index in [1.807, 2.05) is 38.1 Å². The fraction of sp³-hybridized carbons (Fsp3) is 0.118. The average molecular weight is 297 g/mol. The highest BCUT2D eigenvalue weighted by Gasteiger charge is 2.14. The summed E-state index contributed by atoms with van der Waals surface area (Å²) < 4.78 is 0. The lowest BCUT2D eigenvalue weighted by atomic mass is 10.0. The number of hydrogen-bond acceptors (Lipinski definition) is 3. The maximum Gasteiger partial charge on any atom is 0.253 e. The summed E-state index contributed by atoms with van der Waals surface area (Å²) in [6.07, 6.45) is 3.40. The van der Waals surface area contributed by atoms with Gasteiger partial charge in [-0.2, -0.15) is 0 Å². The second-order valence-corrected chi connectivity index (χ2v) is 5.39. The first-order chi connectivity index (χ1) is 10.1. The Kier molecular flexibility index (Phi) is 3.43. The molecule has 3 aromatic rings. The molecule has 0 atom stereocenters. The van der Waals surface area contributed by atoms with Crippen molar-refractivity contribution in [1.29, 1.82) is 0 Å². The molecular weight excluding hydrogens is 284 g/mol. The minimum Gasteiger partial charge on any atom is -0.276 e. The monoisotopic (exact) mass is 296 g/mol. The lowest BCUT2D eigenvalue weighted by Crippen LogP contribution is -1.98. The molecule has 1 aromatic carbocycles. The predicted molar refractivity (Wildman–Crippen MR) is 84.6 cm³/mol. The van der Waals surface area contributed by atoms with Crippen LogP contribution in [0.25, 0.3) is 22.2 Å². The Morgan fingerprint density at radius 1 is 1.10 bits per heavy atom. The molecular formula is C17H13ClN2O. The van der Waals surface area contributed by atoms with E-state index in [1.165, 1.54) is 0 Å². The fourth-order valence-electron chi connectivity index (χ4n) is 2.51. The van der Waals surface area contributed by atoms with Gasteiger partial charge in [-0.1, -0.05) is 11.6 Å². The number of pyridine rings is 2. The van der Waals surface area contributed by atoms with Gasteiger partial charge >= 0.3 is 0 Å². The molecule has 21 heavy (non-hydrogen) atoms. The van der Waals surface area contributed by atoms with Crippen molar-refractivity contribution in [2.75, 3.05) is 0 Å². The molecule has 0 radical (unpaired) electrons. The van der Waals surface area contributed by atoms with Gasteiger partial charge in [0.15, 0.2) is 0 Å². The summed E-state index contributed by atoms with van der Waals surface area (Å²) in [6, 6.07) is 9.46. The van der Waals surface area contributed by atoms with Gasteiger partial charge in [0.25, 0.3) is 5.24 Å². The van der Waals surface area contributed by atoms with Crippen molar-refractivity contribution in [3.8, 4) is 11.3 Å². The van der Waals surface area contributed by atoms with Crippen LogP contribution < -0.4 is 0 Å². The molecule has 0 spiro atoms. The van der Waals surface area contributed by atoms with Gasteiger partial charge in [-0.05, 0) is 55.3 Å². The first-order valence-electron chi connectivity index (χ1n) is 6.58. The summed E-state index contributed by atoms with van der Waals surface area (Å²) >= 11 is 5.77. The molecule has 0 bridgehead atoms. The van der Waals surface area contributed by atoms with E-state index < -0.39 is 5.24 Å². The summed E-state index contributed by atoms with van der Waals surface area (Å²) in [5.74, 6) is 0. The van der Waals surface area contributed by atoms with E-state index in [2.05, 4.69) is 4.98 Å². The van der Waals surface area contributed by atoms with Gasteiger partial charge in [0, 0.05) is 28.9 Å². The molecule has 0 N–H and O–H groups in total. The number of benzene rings is 1. The zero-order valence-corrected chi connectivity index (χ0v) is 12.5. The van der Waals surface area contributed by atoms with Crippen LogP contribution in [0.2, 0.25) is 0 Å². The summed E-state index contributed by atoms with van der Waals surface area (Å²) in [7, 11) is 0. The molecule has 3 nitrogen and oxygen atoms in total. The fourth-order valence-corrected chi connectivity index (χ4v) is 2.67. The number of fused-ring (bicyclic) bond motifs is 1. The van der Waals surface area contributed by atoms with E-state index in [9.17, 15) is 4.79 Å². The molecule has 4 heteroatoms. The van der Waals surface area contributed by atoms with E-state index in [0.717, 1.165) is 33.3 Å². The van der Waals surface area contributed by atoms with E-state index in [-0.39, 0.29) is 0 Å². The van der Waals surface area contributed by atoms with Gasteiger partial charge in [-0.25, -0.2) is 4.98 Å². The Labute approximate surface area is 127 Å². The second-order valence-electron chi connectivity index (χ2n) is 5.04. The van der Waals surface area contributed by atoms with Crippen LogP contribution in [0.15, 0.2) is 42.7 Å². The Morgan fingerprint density at radius 2 is 1.81 bits per heavy atom. The van der Waals surface area contributed by atoms with Gasteiger partial charge in [0.1, 0.15) is 0 Å². The van der Waals surface area contributed by atoms with E-state index in [0.29, 0.717) is 5.56 Å². The molecule has 0 saturated carbocycles. The molecule has 2 aromatic heterocycles.